The molecule has 0 spiro atoms. The Kier molecular flexibility index (Phi) is 6.68. The van der Waals surface area contributed by atoms with E-state index in [0.717, 1.165) is 37.2 Å². The highest BCUT2D eigenvalue weighted by Gasteiger charge is 2.33. The van der Waals surface area contributed by atoms with Crippen LogP contribution in [-0.4, -0.2) is 19.0 Å². The summed E-state index contributed by atoms with van der Waals surface area (Å²) in [6.45, 7) is 8.21. The predicted molar refractivity (Wildman–Crippen MR) is 84.5 cm³/mol. The van der Waals surface area contributed by atoms with E-state index in [2.05, 4.69) is 17.6 Å². The molecule has 1 amide bonds. The number of hydrogen-bond donors (Lipinski definition) is 3. The molecule has 0 aliphatic heterocycles. The predicted octanol–water partition coefficient (Wildman–Crippen LogP) is 2.50. The highest BCUT2D eigenvalue weighted by molar-refractivity contribution is 5.95. The van der Waals surface area contributed by atoms with Crippen molar-refractivity contribution < 1.29 is 4.79 Å². The van der Waals surface area contributed by atoms with Crippen molar-refractivity contribution in [2.24, 2.45) is 11.1 Å². The van der Waals surface area contributed by atoms with Crippen molar-refractivity contribution in [2.75, 3.05) is 18.4 Å². The summed E-state index contributed by atoms with van der Waals surface area (Å²) < 4.78 is 0. The largest absolute Gasteiger partial charge is 0.329 e. The zero-order chi connectivity index (χ0) is 15.0. The lowest BCUT2D eigenvalue weighted by Crippen LogP contribution is -2.41. The highest BCUT2D eigenvalue weighted by Crippen LogP contribution is 2.27. The van der Waals surface area contributed by atoms with Crippen LogP contribution in [0.25, 0.3) is 0 Å². The minimum Gasteiger partial charge on any atom is -0.329 e. The Labute approximate surface area is 122 Å². The summed E-state index contributed by atoms with van der Waals surface area (Å²) in [6.07, 6.45) is 1.51. The lowest BCUT2D eigenvalue weighted by atomic mass is 9.81. The van der Waals surface area contributed by atoms with E-state index in [1.165, 1.54) is 0 Å². The van der Waals surface area contributed by atoms with Gasteiger partial charge < -0.3 is 16.4 Å². The van der Waals surface area contributed by atoms with E-state index in [0.29, 0.717) is 6.54 Å². The van der Waals surface area contributed by atoms with Crippen LogP contribution in [0.3, 0.4) is 0 Å². The maximum Gasteiger partial charge on any atom is 0.231 e. The number of rotatable bonds is 8. The van der Waals surface area contributed by atoms with Crippen molar-refractivity contribution >= 4 is 11.6 Å². The van der Waals surface area contributed by atoms with Crippen molar-refractivity contribution in [3.05, 3.63) is 29.8 Å². The van der Waals surface area contributed by atoms with E-state index in [9.17, 15) is 4.79 Å². The molecule has 0 saturated carbocycles. The molecule has 1 rings (SSSR count). The fourth-order valence-corrected chi connectivity index (χ4v) is 2.24. The molecule has 20 heavy (non-hydrogen) atoms. The van der Waals surface area contributed by atoms with Crippen molar-refractivity contribution in [1.29, 1.82) is 0 Å². The molecule has 0 bridgehead atoms. The Morgan fingerprint density at radius 2 is 1.95 bits per heavy atom. The Morgan fingerprint density at radius 3 is 2.50 bits per heavy atom. The molecule has 0 aliphatic rings. The molecular formula is C16H27N3O. The number of amides is 1. The summed E-state index contributed by atoms with van der Waals surface area (Å²) in [7, 11) is 0. The smallest absolute Gasteiger partial charge is 0.231 e. The maximum absolute atomic E-state index is 12.4. The summed E-state index contributed by atoms with van der Waals surface area (Å²) >= 11 is 0. The van der Waals surface area contributed by atoms with Crippen LogP contribution < -0.4 is 16.4 Å². The lowest BCUT2D eigenvalue weighted by Gasteiger charge is -2.28. The van der Waals surface area contributed by atoms with Crippen LogP contribution in [0.1, 0.15) is 39.2 Å². The van der Waals surface area contributed by atoms with Gasteiger partial charge in [-0.25, -0.2) is 0 Å². The van der Waals surface area contributed by atoms with Crippen molar-refractivity contribution in [3.8, 4) is 0 Å². The van der Waals surface area contributed by atoms with Crippen LogP contribution in [0.15, 0.2) is 24.3 Å². The third-order valence-electron chi connectivity index (χ3n) is 3.99. The van der Waals surface area contributed by atoms with Crippen molar-refractivity contribution in [1.82, 2.24) is 5.32 Å². The standard InChI is InChI=1S/C16H27N3O/c1-4-16(5-2,12-17)15(20)19-14-9-7-8-13(10-14)11-18-6-3/h7-10,18H,4-6,11-12,17H2,1-3H3,(H,19,20). The second-order valence-corrected chi connectivity index (χ2v) is 5.13. The topological polar surface area (TPSA) is 67.1 Å². The maximum atomic E-state index is 12.4. The van der Waals surface area contributed by atoms with Gasteiger partial charge in [-0.2, -0.15) is 0 Å². The van der Waals surface area contributed by atoms with Gasteiger partial charge in [0.1, 0.15) is 0 Å². The highest BCUT2D eigenvalue weighted by atomic mass is 16.2. The Bertz CT molecular complexity index is 419. The normalized spacial score (nSPS) is 11.4. The van der Waals surface area contributed by atoms with Gasteiger partial charge >= 0.3 is 0 Å². The lowest BCUT2D eigenvalue weighted by molar-refractivity contribution is -0.125. The number of hydrogen-bond acceptors (Lipinski definition) is 3. The minimum atomic E-state index is -0.461. The van der Waals surface area contributed by atoms with Gasteiger partial charge in [0.05, 0.1) is 5.41 Å². The van der Waals surface area contributed by atoms with E-state index < -0.39 is 5.41 Å². The molecule has 0 aromatic heterocycles. The van der Waals surface area contributed by atoms with Gasteiger partial charge in [-0.1, -0.05) is 32.9 Å². The number of nitrogens with two attached hydrogens (primary N) is 1. The fraction of sp³-hybridized carbons (Fsp3) is 0.562. The summed E-state index contributed by atoms with van der Waals surface area (Å²) in [5, 5.41) is 6.28. The second-order valence-electron chi connectivity index (χ2n) is 5.13. The van der Waals surface area contributed by atoms with Crippen LogP contribution in [0.2, 0.25) is 0 Å². The Balaban J connectivity index is 2.79. The molecule has 0 unspecified atom stereocenters. The summed E-state index contributed by atoms with van der Waals surface area (Å²) in [6, 6.07) is 7.94. The summed E-state index contributed by atoms with van der Waals surface area (Å²) in [5.74, 6) is 0.0191. The SMILES string of the molecule is CCNCc1cccc(NC(=O)C(CC)(CC)CN)c1. The summed E-state index contributed by atoms with van der Waals surface area (Å²) in [5.41, 5.74) is 7.35. The molecule has 4 heteroatoms. The van der Waals surface area contributed by atoms with E-state index in [1.54, 1.807) is 0 Å². The van der Waals surface area contributed by atoms with Gasteiger partial charge in [0.2, 0.25) is 5.91 Å². The van der Waals surface area contributed by atoms with Gasteiger partial charge in [0.25, 0.3) is 0 Å². The number of carbonyl (C=O) groups excluding carboxylic acids is 1. The molecule has 0 radical (unpaired) electrons. The molecule has 0 atom stereocenters. The van der Waals surface area contributed by atoms with E-state index >= 15 is 0 Å². The van der Waals surface area contributed by atoms with Crippen LogP contribution in [0, 0.1) is 5.41 Å². The molecule has 1 aromatic rings. The molecule has 112 valence electrons. The molecular weight excluding hydrogens is 250 g/mol. The van der Waals surface area contributed by atoms with Gasteiger partial charge in [-0.05, 0) is 37.1 Å². The monoisotopic (exact) mass is 277 g/mol. The van der Waals surface area contributed by atoms with E-state index in [4.69, 9.17) is 5.73 Å². The average molecular weight is 277 g/mol. The van der Waals surface area contributed by atoms with Gasteiger partial charge in [-0.15, -0.1) is 0 Å². The third-order valence-corrected chi connectivity index (χ3v) is 3.99. The zero-order valence-corrected chi connectivity index (χ0v) is 12.8. The molecule has 4 N–H and O–H groups in total. The summed E-state index contributed by atoms with van der Waals surface area (Å²) in [4.78, 5) is 12.4. The Hall–Kier alpha value is -1.39. The van der Waals surface area contributed by atoms with E-state index in [1.807, 2.05) is 38.1 Å². The fourth-order valence-electron chi connectivity index (χ4n) is 2.24. The molecule has 4 nitrogen and oxygen atoms in total. The molecule has 0 aliphatic carbocycles. The van der Waals surface area contributed by atoms with Crippen molar-refractivity contribution in [3.63, 3.8) is 0 Å². The first kappa shape index (κ1) is 16.7. The molecule has 0 saturated heterocycles. The van der Waals surface area contributed by atoms with Crippen molar-refractivity contribution in [2.45, 2.75) is 40.2 Å². The first-order valence-corrected chi connectivity index (χ1v) is 7.43. The van der Waals surface area contributed by atoms with Crippen LogP contribution in [-0.2, 0) is 11.3 Å². The third kappa shape index (κ3) is 4.05. The average Bonchev–Trinajstić information content (AvgIpc) is 2.48. The minimum absolute atomic E-state index is 0.0191. The number of nitrogens with one attached hydrogen (secondary N) is 2. The van der Waals surface area contributed by atoms with Gasteiger partial charge in [0.15, 0.2) is 0 Å². The van der Waals surface area contributed by atoms with E-state index in [-0.39, 0.29) is 5.91 Å². The quantitative estimate of drug-likeness (QED) is 0.684. The van der Waals surface area contributed by atoms with Crippen LogP contribution in [0.4, 0.5) is 5.69 Å². The molecule has 0 heterocycles. The number of anilines is 1. The molecule has 0 fully saturated rings. The molecule has 1 aromatic carbocycles. The number of benzene rings is 1. The van der Waals surface area contributed by atoms with Crippen LogP contribution >= 0.6 is 0 Å². The first-order chi connectivity index (χ1) is 9.61. The number of carbonyl (C=O) groups is 1. The second kappa shape index (κ2) is 8.02. The zero-order valence-electron chi connectivity index (χ0n) is 12.8. The van der Waals surface area contributed by atoms with Gasteiger partial charge in [0, 0.05) is 18.8 Å². The van der Waals surface area contributed by atoms with Gasteiger partial charge in [-0.3, -0.25) is 4.79 Å². The van der Waals surface area contributed by atoms with Crippen LogP contribution in [0.5, 0.6) is 0 Å². The Morgan fingerprint density at radius 1 is 1.25 bits per heavy atom. The first-order valence-electron chi connectivity index (χ1n) is 7.43.